The van der Waals surface area contributed by atoms with E-state index in [1.54, 1.807) is 25.3 Å². The van der Waals surface area contributed by atoms with Crippen LogP contribution in [0.3, 0.4) is 0 Å². The summed E-state index contributed by atoms with van der Waals surface area (Å²) in [6.07, 6.45) is -4.61. The summed E-state index contributed by atoms with van der Waals surface area (Å²) in [7, 11) is 1.60. The first-order valence-electron chi connectivity index (χ1n) is 9.91. The fraction of sp³-hybridized carbons (Fsp3) is 0.348. The third-order valence-corrected chi connectivity index (χ3v) is 5.96. The van der Waals surface area contributed by atoms with Gasteiger partial charge in [-0.3, -0.25) is 0 Å². The zero-order chi connectivity index (χ0) is 22.1. The van der Waals surface area contributed by atoms with E-state index >= 15 is 0 Å². The third-order valence-electron chi connectivity index (χ3n) is 5.59. The molecule has 2 fully saturated rings. The smallest absolute Gasteiger partial charge is 0.337 e. The summed E-state index contributed by atoms with van der Waals surface area (Å²) < 4.78 is 16.0. The minimum absolute atomic E-state index is 0.0584. The van der Waals surface area contributed by atoms with Gasteiger partial charge in [-0.2, -0.15) is 0 Å². The molecule has 0 radical (unpaired) electrons. The van der Waals surface area contributed by atoms with E-state index < -0.39 is 30.4 Å². The van der Waals surface area contributed by atoms with Gasteiger partial charge in [0.15, 0.2) is 6.10 Å². The summed E-state index contributed by atoms with van der Waals surface area (Å²) in [6, 6.07) is 12.8. The molecule has 31 heavy (non-hydrogen) atoms. The van der Waals surface area contributed by atoms with E-state index in [0.717, 1.165) is 16.9 Å². The Labute approximate surface area is 184 Å². The van der Waals surface area contributed by atoms with Crippen molar-refractivity contribution in [1.29, 1.82) is 0 Å². The number of carbonyl (C=O) groups excluding carboxylic acids is 1. The molecule has 2 aromatic carbocycles. The Bertz CT molecular complexity index is 1000. The van der Waals surface area contributed by atoms with E-state index in [4.69, 9.17) is 25.8 Å². The second kappa shape index (κ2) is 8.88. The van der Waals surface area contributed by atoms with Gasteiger partial charge in [0.1, 0.15) is 29.8 Å². The molecule has 0 aliphatic carbocycles. The van der Waals surface area contributed by atoms with Crippen LogP contribution in [-0.4, -0.2) is 53.3 Å². The molecule has 2 heterocycles. The first-order valence-corrected chi connectivity index (χ1v) is 10.3. The van der Waals surface area contributed by atoms with Crippen LogP contribution in [0, 0.1) is 0 Å². The number of aliphatic hydroxyl groups excluding tert-OH is 3. The maximum absolute atomic E-state index is 12.0. The van der Waals surface area contributed by atoms with Gasteiger partial charge >= 0.3 is 5.97 Å². The lowest BCUT2D eigenvalue weighted by atomic mass is 9.90. The molecule has 3 N–H and O–H groups in total. The summed E-state index contributed by atoms with van der Waals surface area (Å²) in [4.78, 5) is 12.0. The topological polar surface area (TPSA) is 105 Å². The van der Waals surface area contributed by atoms with Crippen molar-refractivity contribution in [2.45, 2.75) is 37.3 Å². The zero-order valence-electron chi connectivity index (χ0n) is 16.8. The van der Waals surface area contributed by atoms with Gasteiger partial charge in [0.2, 0.25) is 0 Å². The molecular weight excluding hydrogens is 424 g/mol. The van der Waals surface area contributed by atoms with Gasteiger partial charge in [0.25, 0.3) is 0 Å². The van der Waals surface area contributed by atoms with Gasteiger partial charge in [-0.15, -0.1) is 0 Å². The molecule has 0 bridgehead atoms. The van der Waals surface area contributed by atoms with Crippen molar-refractivity contribution in [1.82, 2.24) is 0 Å². The Kier molecular flexibility index (Phi) is 6.20. The number of halogens is 1. The average molecular weight is 447 g/mol. The maximum atomic E-state index is 12.0. The highest BCUT2D eigenvalue weighted by Gasteiger charge is 2.45. The van der Waals surface area contributed by atoms with E-state index in [-0.39, 0.29) is 24.4 Å². The summed E-state index contributed by atoms with van der Waals surface area (Å²) >= 11 is 6.40. The molecule has 0 spiro atoms. The predicted molar refractivity (Wildman–Crippen MR) is 112 cm³/mol. The fourth-order valence-electron chi connectivity index (χ4n) is 3.84. The number of esters is 1. The molecule has 4 rings (SSSR count). The van der Waals surface area contributed by atoms with Crippen LogP contribution in [-0.2, 0) is 20.7 Å². The molecule has 1 unspecified atom stereocenters. The largest absolute Gasteiger partial charge is 0.497 e. The number of aliphatic hydroxyl groups is 3. The van der Waals surface area contributed by atoms with Gasteiger partial charge in [0, 0.05) is 11.4 Å². The number of hydrogen-bond acceptors (Lipinski definition) is 7. The molecule has 2 aliphatic rings. The number of cyclic esters (lactones) is 1. The summed E-state index contributed by atoms with van der Waals surface area (Å²) in [5.41, 5.74) is 2.55. The zero-order valence-corrected chi connectivity index (χ0v) is 17.6. The van der Waals surface area contributed by atoms with Crippen LogP contribution in [0.4, 0.5) is 0 Å². The van der Waals surface area contributed by atoms with Crippen LogP contribution in [0.5, 0.6) is 5.75 Å². The highest BCUT2D eigenvalue weighted by atomic mass is 35.5. The Balaban J connectivity index is 1.64. The van der Waals surface area contributed by atoms with Gasteiger partial charge in [0.05, 0.1) is 19.3 Å². The van der Waals surface area contributed by atoms with Crippen molar-refractivity contribution in [3.8, 4) is 5.75 Å². The van der Waals surface area contributed by atoms with E-state index in [9.17, 15) is 20.1 Å². The molecule has 0 amide bonds. The second-order valence-electron chi connectivity index (χ2n) is 7.57. The van der Waals surface area contributed by atoms with Gasteiger partial charge in [-0.25, -0.2) is 4.79 Å². The molecule has 0 aromatic heterocycles. The van der Waals surface area contributed by atoms with Gasteiger partial charge in [-0.05, 0) is 41.3 Å². The normalized spacial score (nSPS) is 28.2. The Morgan fingerprint density at radius 2 is 1.84 bits per heavy atom. The minimum Gasteiger partial charge on any atom is -0.497 e. The number of ether oxygens (including phenoxy) is 3. The quantitative estimate of drug-likeness (QED) is 0.488. The average Bonchev–Trinajstić information content (AvgIpc) is 3.20. The van der Waals surface area contributed by atoms with E-state index in [2.05, 4.69) is 0 Å². The molecule has 2 aromatic rings. The standard InChI is InChI=1S/C23H23ClO7/c1-29-15-5-2-12(3-6-15)10-14-11-13(4-7-17(14)24)21-19(26)18(25)20(27)22(31-21)16-8-9-30-23(16)28/h2-7,11,18-21,25-27H,8-10H2,1H3/b22-16-/t18?,19-,20+,21+/m1/s1. The van der Waals surface area contributed by atoms with E-state index in [1.807, 2.05) is 24.3 Å². The Hall–Kier alpha value is -2.58. The first kappa shape index (κ1) is 21.6. The minimum atomic E-state index is -1.52. The third kappa shape index (κ3) is 4.27. The van der Waals surface area contributed by atoms with Gasteiger partial charge < -0.3 is 29.5 Å². The van der Waals surface area contributed by atoms with Crippen molar-refractivity contribution in [3.05, 3.63) is 75.5 Å². The molecule has 164 valence electrons. The van der Waals surface area contributed by atoms with Crippen LogP contribution in [0.1, 0.15) is 29.2 Å². The number of carbonyl (C=O) groups is 1. The van der Waals surface area contributed by atoms with Crippen LogP contribution < -0.4 is 4.74 Å². The highest BCUT2D eigenvalue weighted by Crippen LogP contribution is 2.38. The lowest BCUT2D eigenvalue weighted by Crippen LogP contribution is -2.48. The lowest BCUT2D eigenvalue weighted by molar-refractivity contribution is -0.159. The monoisotopic (exact) mass is 446 g/mol. The number of rotatable bonds is 4. The van der Waals surface area contributed by atoms with Crippen molar-refractivity contribution in [2.75, 3.05) is 13.7 Å². The van der Waals surface area contributed by atoms with Crippen molar-refractivity contribution >= 4 is 17.6 Å². The van der Waals surface area contributed by atoms with Gasteiger partial charge in [-0.1, -0.05) is 35.9 Å². The Morgan fingerprint density at radius 3 is 2.48 bits per heavy atom. The maximum Gasteiger partial charge on any atom is 0.337 e. The lowest BCUT2D eigenvalue weighted by Gasteiger charge is -2.38. The van der Waals surface area contributed by atoms with Crippen LogP contribution >= 0.6 is 11.6 Å². The van der Waals surface area contributed by atoms with Crippen molar-refractivity contribution in [2.24, 2.45) is 0 Å². The summed E-state index contributed by atoms with van der Waals surface area (Å²) in [5, 5.41) is 31.9. The Morgan fingerprint density at radius 1 is 1.10 bits per heavy atom. The molecule has 7 nitrogen and oxygen atoms in total. The predicted octanol–water partition coefficient (Wildman–Crippen LogP) is 2.29. The number of methoxy groups -OCH3 is 1. The highest BCUT2D eigenvalue weighted by molar-refractivity contribution is 6.31. The summed E-state index contributed by atoms with van der Waals surface area (Å²) in [6.45, 7) is 0.185. The molecular formula is C23H23ClO7. The van der Waals surface area contributed by atoms with E-state index in [0.29, 0.717) is 17.0 Å². The second-order valence-corrected chi connectivity index (χ2v) is 7.98. The molecule has 8 heteroatoms. The van der Waals surface area contributed by atoms with Crippen LogP contribution in [0.25, 0.3) is 0 Å². The first-order chi connectivity index (χ1) is 14.9. The molecule has 2 saturated heterocycles. The molecule has 0 saturated carbocycles. The van der Waals surface area contributed by atoms with Crippen LogP contribution in [0.2, 0.25) is 5.02 Å². The van der Waals surface area contributed by atoms with Crippen molar-refractivity contribution < 1.29 is 34.3 Å². The fourth-order valence-corrected chi connectivity index (χ4v) is 4.03. The SMILES string of the molecule is COc1ccc(Cc2cc([C@@H]3O/C(=C4/CCOC4=O)[C@@H](O)C(O)[C@H]3O)ccc2Cl)cc1. The van der Waals surface area contributed by atoms with E-state index in [1.165, 1.54) is 0 Å². The number of benzene rings is 2. The molecule has 4 atom stereocenters. The molecule has 2 aliphatic heterocycles. The van der Waals surface area contributed by atoms with Crippen LogP contribution in [0.15, 0.2) is 53.8 Å². The number of hydrogen-bond donors (Lipinski definition) is 3. The summed E-state index contributed by atoms with van der Waals surface area (Å²) in [5.74, 6) is 0.102. The van der Waals surface area contributed by atoms with Crippen molar-refractivity contribution in [3.63, 3.8) is 0 Å².